The Balaban J connectivity index is 1.55. The van der Waals surface area contributed by atoms with E-state index in [0.717, 1.165) is 13.1 Å². The molecule has 178 valence electrons. The van der Waals surface area contributed by atoms with Gasteiger partial charge in [0, 0.05) is 48.5 Å². The highest BCUT2D eigenvalue weighted by Crippen LogP contribution is 2.28. The van der Waals surface area contributed by atoms with Gasteiger partial charge in [0.15, 0.2) is 11.4 Å². The van der Waals surface area contributed by atoms with Gasteiger partial charge in [-0.05, 0) is 41.6 Å². The van der Waals surface area contributed by atoms with Crippen LogP contribution in [0.15, 0.2) is 66.7 Å². The predicted octanol–water partition coefficient (Wildman–Crippen LogP) is 7.62. The molecule has 2 nitrogen and oxygen atoms in total. The molecule has 1 aromatic heterocycles. The standard InChI is InChI=1S/C33H37N2/c1-5-7-22-34-24(3)28-20-18-26(19-21-29(28)25(34)4)12-9-16-31-30-15-10-13-27-14-11-17-32(33(27)30)35(31)23-8-6-2/h9-21H,5-8,22-23H2,1-4H3/q+1. The van der Waals surface area contributed by atoms with Crippen molar-refractivity contribution in [1.29, 1.82) is 0 Å². The SMILES string of the molecule is CCCCn1/c(=C\C=C\c2ccc3c(C)[n+](CCCC)c(C)c-3cc2)c2cccc3cccc1c32. The fraction of sp³-hybridized carbons (Fsp3) is 0.303. The summed E-state index contributed by atoms with van der Waals surface area (Å²) < 4.78 is 4.99. The van der Waals surface area contributed by atoms with Crippen LogP contribution in [0.25, 0.3) is 45.0 Å². The zero-order valence-corrected chi connectivity index (χ0v) is 21.6. The normalized spacial score (nSPS) is 12.7. The third kappa shape index (κ3) is 4.27. The van der Waals surface area contributed by atoms with E-state index in [1.54, 1.807) is 0 Å². The summed E-state index contributed by atoms with van der Waals surface area (Å²) in [6.07, 6.45) is 11.6. The van der Waals surface area contributed by atoms with Crippen LogP contribution in [-0.2, 0) is 13.1 Å². The fourth-order valence-corrected chi connectivity index (χ4v) is 5.55. The van der Waals surface area contributed by atoms with Crippen molar-refractivity contribution in [3.63, 3.8) is 0 Å². The lowest BCUT2D eigenvalue weighted by atomic mass is 10.1. The Hall–Kier alpha value is -3.39. The van der Waals surface area contributed by atoms with E-state index in [4.69, 9.17) is 0 Å². The number of hydrogen-bond acceptors (Lipinski definition) is 0. The minimum atomic E-state index is 1.05. The molecule has 3 aromatic rings. The summed E-state index contributed by atoms with van der Waals surface area (Å²) >= 11 is 0. The van der Waals surface area contributed by atoms with Crippen LogP contribution >= 0.6 is 0 Å². The first kappa shape index (κ1) is 23.4. The molecule has 0 bridgehead atoms. The number of aromatic nitrogens is 2. The number of aryl methyl sites for hydroxylation is 1. The van der Waals surface area contributed by atoms with Crippen molar-refractivity contribution < 1.29 is 4.57 Å². The third-order valence-corrected chi connectivity index (χ3v) is 7.52. The van der Waals surface area contributed by atoms with Crippen molar-refractivity contribution >= 4 is 33.8 Å². The highest BCUT2D eigenvalue weighted by Gasteiger charge is 2.24. The van der Waals surface area contributed by atoms with E-state index < -0.39 is 0 Å². The molecule has 2 heteroatoms. The molecule has 1 aliphatic carbocycles. The summed E-state index contributed by atoms with van der Waals surface area (Å²) in [6.45, 7) is 11.2. The number of benzene rings is 2. The topological polar surface area (TPSA) is 8.81 Å². The second-order valence-electron chi connectivity index (χ2n) is 9.77. The first-order valence-electron chi connectivity index (χ1n) is 13.2. The summed E-state index contributed by atoms with van der Waals surface area (Å²) in [6, 6.07) is 22.5. The van der Waals surface area contributed by atoms with Gasteiger partial charge in [-0.2, -0.15) is 4.57 Å². The van der Waals surface area contributed by atoms with E-state index in [2.05, 4.69) is 116 Å². The molecule has 0 saturated heterocycles. The lowest BCUT2D eigenvalue weighted by molar-refractivity contribution is -0.704. The maximum Gasteiger partial charge on any atom is 0.186 e. The number of rotatable bonds is 8. The molecule has 2 heterocycles. The zero-order valence-electron chi connectivity index (χ0n) is 21.6. The minimum absolute atomic E-state index is 1.05. The lowest BCUT2D eigenvalue weighted by Crippen LogP contribution is -2.37. The smallest absolute Gasteiger partial charge is 0.186 e. The highest BCUT2D eigenvalue weighted by molar-refractivity contribution is 6.10. The average molecular weight is 462 g/mol. The van der Waals surface area contributed by atoms with Crippen LogP contribution < -0.4 is 9.92 Å². The van der Waals surface area contributed by atoms with Gasteiger partial charge in [-0.3, -0.25) is 0 Å². The van der Waals surface area contributed by atoms with E-state index in [0.29, 0.717) is 0 Å². The number of hydrogen-bond donors (Lipinski definition) is 0. The van der Waals surface area contributed by atoms with Crippen molar-refractivity contribution in [3.8, 4) is 11.1 Å². The molecule has 0 atom stereocenters. The van der Waals surface area contributed by atoms with E-state index in [1.165, 1.54) is 80.8 Å². The van der Waals surface area contributed by atoms with E-state index >= 15 is 0 Å². The van der Waals surface area contributed by atoms with Crippen LogP contribution in [0.3, 0.4) is 0 Å². The van der Waals surface area contributed by atoms with Crippen LogP contribution in [0.5, 0.6) is 0 Å². The Morgan fingerprint density at radius 2 is 1.49 bits per heavy atom. The maximum absolute atomic E-state index is 2.51. The van der Waals surface area contributed by atoms with Gasteiger partial charge in [-0.15, -0.1) is 0 Å². The molecule has 0 radical (unpaired) electrons. The van der Waals surface area contributed by atoms with Crippen molar-refractivity contribution in [2.75, 3.05) is 0 Å². The quantitative estimate of drug-likeness (QED) is 0.210. The van der Waals surface area contributed by atoms with Gasteiger partial charge < -0.3 is 4.57 Å². The fourth-order valence-electron chi connectivity index (χ4n) is 5.55. The molecule has 0 saturated carbocycles. The zero-order chi connectivity index (χ0) is 24.4. The average Bonchev–Trinajstić information content (AvgIpc) is 3.17. The lowest BCUT2D eigenvalue weighted by Gasteiger charge is -2.05. The molecule has 2 aromatic carbocycles. The van der Waals surface area contributed by atoms with Crippen molar-refractivity contribution in [2.45, 2.75) is 66.5 Å². The third-order valence-electron chi connectivity index (χ3n) is 7.52. The monoisotopic (exact) mass is 461 g/mol. The molecule has 0 amide bonds. The van der Waals surface area contributed by atoms with Gasteiger partial charge in [-0.1, -0.05) is 81.3 Å². The Kier molecular flexibility index (Phi) is 6.72. The van der Waals surface area contributed by atoms with Crippen LogP contribution in [0.1, 0.15) is 56.5 Å². The van der Waals surface area contributed by atoms with Gasteiger partial charge in [0.05, 0.1) is 11.1 Å². The van der Waals surface area contributed by atoms with Crippen LogP contribution in [0.4, 0.5) is 0 Å². The maximum atomic E-state index is 2.51. The van der Waals surface area contributed by atoms with Crippen molar-refractivity contribution in [3.05, 3.63) is 89.0 Å². The Morgan fingerprint density at radius 3 is 2.17 bits per heavy atom. The largest absolute Gasteiger partial charge is 0.340 e. The number of unbranched alkanes of at least 4 members (excludes halogenated alkanes) is 2. The second-order valence-corrected chi connectivity index (χ2v) is 9.77. The molecular formula is C33H37N2+. The van der Waals surface area contributed by atoms with E-state index in [-0.39, 0.29) is 0 Å². The molecule has 35 heavy (non-hydrogen) atoms. The summed E-state index contributed by atoms with van der Waals surface area (Å²) in [5.41, 5.74) is 8.05. The van der Waals surface area contributed by atoms with Crippen LogP contribution in [0.2, 0.25) is 0 Å². The Bertz CT molecular complexity index is 1490. The van der Waals surface area contributed by atoms with Crippen LogP contribution in [0, 0.1) is 13.8 Å². The summed E-state index contributed by atoms with van der Waals surface area (Å²) in [5, 5.41) is 5.37. The molecule has 2 aliphatic rings. The van der Waals surface area contributed by atoms with Gasteiger partial charge >= 0.3 is 0 Å². The second kappa shape index (κ2) is 10.1. The predicted molar refractivity (Wildman–Crippen MR) is 151 cm³/mol. The van der Waals surface area contributed by atoms with Crippen LogP contribution in [-0.4, -0.2) is 4.57 Å². The molecule has 1 aliphatic heterocycles. The van der Waals surface area contributed by atoms with Crippen molar-refractivity contribution in [2.24, 2.45) is 0 Å². The molecule has 0 spiro atoms. The van der Waals surface area contributed by atoms with E-state index in [1.807, 2.05) is 0 Å². The first-order valence-corrected chi connectivity index (χ1v) is 13.2. The molecule has 0 fully saturated rings. The van der Waals surface area contributed by atoms with E-state index in [9.17, 15) is 0 Å². The summed E-state index contributed by atoms with van der Waals surface area (Å²) in [7, 11) is 0. The minimum Gasteiger partial charge on any atom is -0.340 e. The Labute approximate surface area is 209 Å². The first-order chi connectivity index (χ1) is 17.1. The molecule has 5 rings (SSSR count). The molecule has 0 unspecified atom stereocenters. The van der Waals surface area contributed by atoms with Gasteiger partial charge in [0.1, 0.15) is 6.54 Å². The number of nitrogens with zero attached hydrogens (tertiary/aromatic N) is 2. The number of allylic oxidation sites excluding steroid dienone is 1. The van der Waals surface area contributed by atoms with Gasteiger partial charge in [-0.25, -0.2) is 0 Å². The number of fused-ring (bicyclic) bond motifs is 1. The Morgan fingerprint density at radius 1 is 0.800 bits per heavy atom. The van der Waals surface area contributed by atoms with Gasteiger partial charge in [0.25, 0.3) is 0 Å². The van der Waals surface area contributed by atoms with Gasteiger partial charge in [0.2, 0.25) is 0 Å². The summed E-state index contributed by atoms with van der Waals surface area (Å²) in [5.74, 6) is 0. The van der Waals surface area contributed by atoms with Crippen molar-refractivity contribution in [1.82, 2.24) is 4.57 Å². The highest BCUT2D eigenvalue weighted by atomic mass is 15.0. The summed E-state index contributed by atoms with van der Waals surface area (Å²) in [4.78, 5) is 0. The molecular weight excluding hydrogens is 424 g/mol. The molecule has 0 N–H and O–H groups in total.